The molecule has 1 amide bonds. The Hall–Kier alpha value is -3.77. The number of halogens is 1. The monoisotopic (exact) mass is 423 g/mol. The summed E-state index contributed by atoms with van der Waals surface area (Å²) in [6.07, 6.45) is 3.73. The lowest BCUT2D eigenvalue weighted by molar-refractivity contribution is 0.0948. The lowest BCUT2D eigenvalue weighted by atomic mass is 10.0. The molecule has 0 aliphatic heterocycles. The lowest BCUT2D eigenvalue weighted by Crippen LogP contribution is -2.25. The van der Waals surface area contributed by atoms with Crippen LogP contribution < -0.4 is 10.1 Å². The van der Waals surface area contributed by atoms with Crippen LogP contribution >= 0.6 is 0 Å². The van der Waals surface area contributed by atoms with Crippen molar-refractivity contribution in [2.45, 2.75) is 12.8 Å². The third kappa shape index (κ3) is 5.05. The molecule has 3 aromatic rings. The van der Waals surface area contributed by atoms with Gasteiger partial charge in [-0.15, -0.1) is 0 Å². The van der Waals surface area contributed by atoms with Crippen molar-refractivity contribution in [1.29, 1.82) is 5.26 Å². The normalized spacial score (nSPS) is 10.5. The molecule has 31 heavy (non-hydrogen) atoms. The van der Waals surface area contributed by atoms with E-state index in [-0.39, 0.29) is 12.3 Å². The highest BCUT2D eigenvalue weighted by molar-refractivity contribution is 5.93. The molecule has 0 saturated heterocycles. The highest BCUT2D eigenvalue weighted by atomic mass is 19.1. The van der Waals surface area contributed by atoms with Crippen LogP contribution in [0.25, 0.3) is 16.9 Å². The summed E-state index contributed by atoms with van der Waals surface area (Å²) in [5.74, 6) is 0.126. The fourth-order valence-corrected chi connectivity index (χ4v) is 3.00. The number of nitriles is 1. The molecule has 8 nitrogen and oxygen atoms in total. The summed E-state index contributed by atoms with van der Waals surface area (Å²) < 4.78 is 26.2. The van der Waals surface area contributed by atoms with Crippen LogP contribution in [0.4, 0.5) is 4.39 Å². The average Bonchev–Trinajstić information content (AvgIpc) is 3.22. The number of pyridine rings is 1. The van der Waals surface area contributed by atoms with Gasteiger partial charge in [0, 0.05) is 32.0 Å². The van der Waals surface area contributed by atoms with Crippen LogP contribution in [0.1, 0.15) is 22.3 Å². The first-order valence-electron chi connectivity index (χ1n) is 9.60. The number of methoxy groups -OCH3 is 2. The Balaban J connectivity index is 1.81. The molecule has 2 aromatic heterocycles. The van der Waals surface area contributed by atoms with Gasteiger partial charge in [-0.05, 0) is 30.2 Å². The maximum absolute atomic E-state index is 14.3. The smallest absolute Gasteiger partial charge is 0.252 e. The molecule has 0 radical (unpaired) electrons. The number of hydrogen-bond acceptors (Lipinski definition) is 6. The molecule has 0 bridgehead atoms. The van der Waals surface area contributed by atoms with Crippen LogP contribution in [-0.4, -0.2) is 48.0 Å². The van der Waals surface area contributed by atoms with E-state index in [2.05, 4.69) is 15.4 Å². The van der Waals surface area contributed by atoms with Crippen LogP contribution in [-0.2, 0) is 11.2 Å². The first-order valence-corrected chi connectivity index (χ1v) is 9.60. The number of hydrogen-bond donors (Lipinski definition) is 1. The zero-order valence-electron chi connectivity index (χ0n) is 17.3. The van der Waals surface area contributed by atoms with Crippen molar-refractivity contribution in [2.24, 2.45) is 0 Å². The molecule has 0 fully saturated rings. The third-order valence-corrected chi connectivity index (χ3v) is 4.59. The van der Waals surface area contributed by atoms with Crippen LogP contribution in [0.5, 0.6) is 5.88 Å². The molecule has 0 unspecified atom stereocenters. The second-order valence-corrected chi connectivity index (χ2v) is 6.63. The van der Waals surface area contributed by atoms with Crippen molar-refractivity contribution < 1.29 is 18.7 Å². The molecular weight excluding hydrogens is 401 g/mol. The van der Waals surface area contributed by atoms with E-state index in [1.165, 1.54) is 24.1 Å². The van der Waals surface area contributed by atoms with Crippen molar-refractivity contribution in [2.75, 3.05) is 27.4 Å². The minimum Gasteiger partial charge on any atom is -0.480 e. The third-order valence-electron chi connectivity index (χ3n) is 4.59. The highest BCUT2D eigenvalue weighted by Crippen LogP contribution is 2.32. The van der Waals surface area contributed by atoms with Gasteiger partial charge in [-0.3, -0.25) is 4.79 Å². The van der Waals surface area contributed by atoms with Crippen LogP contribution in [0.2, 0.25) is 0 Å². The van der Waals surface area contributed by atoms with Gasteiger partial charge in [0.2, 0.25) is 5.88 Å². The van der Waals surface area contributed by atoms with Crippen molar-refractivity contribution in [3.63, 3.8) is 0 Å². The Morgan fingerprint density at radius 3 is 2.74 bits per heavy atom. The summed E-state index contributed by atoms with van der Waals surface area (Å²) in [5, 5.41) is 15.9. The van der Waals surface area contributed by atoms with Gasteiger partial charge in [0.25, 0.3) is 5.91 Å². The minimum absolute atomic E-state index is 0.00125. The highest BCUT2D eigenvalue weighted by Gasteiger charge is 2.17. The molecule has 1 N–H and O–H groups in total. The van der Waals surface area contributed by atoms with Crippen molar-refractivity contribution in [3.05, 3.63) is 59.7 Å². The van der Waals surface area contributed by atoms with E-state index in [0.29, 0.717) is 47.1 Å². The minimum atomic E-state index is -0.465. The Morgan fingerprint density at radius 1 is 1.26 bits per heavy atom. The second-order valence-electron chi connectivity index (χ2n) is 6.63. The van der Waals surface area contributed by atoms with Crippen LogP contribution in [0.15, 0.2) is 42.7 Å². The van der Waals surface area contributed by atoms with Crippen molar-refractivity contribution in [1.82, 2.24) is 20.1 Å². The molecule has 0 atom stereocenters. The Bertz CT molecular complexity index is 1090. The number of amides is 1. The van der Waals surface area contributed by atoms with E-state index < -0.39 is 5.82 Å². The summed E-state index contributed by atoms with van der Waals surface area (Å²) in [5.41, 5.74) is 1.89. The lowest BCUT2D eigenvalue weighted by Gasteiger charge is -2.09. The topological polar surface area (TPSA) is 102 Å². The van der Waals surface area contributed by atoms with Crippen LogP contribution in [0.3, 0.4) is 0 Å². The van der Waals surface area contributed by atoms with E-state index >= 15 is 0 Å². The largest absolute Gasteiger partial charge is 0.480 e. The molecular formula is C22H22FN5O3. The van der Waals surface area contributed by atoms with E-state index in [0.717, 1.165) is 6.42 Å². The molecule has 0 spiro atoms. The van der Waals surface area contributed by atoms with Crippen LogP contribution in [0, 0.1) is 17.1 Å². The fraction of sp³-hybridized carbons (Fsp3) is 0.273. The number of carbonyl (C=O) groups is 1. The number of benzene rings is 1. The standard InChI is InChI=1S/C22H22FN5O3/c1-30-11-3-10-25-21(29)17-6-7-20(26-13-17)28-22(31-2)18(14-27-28)16-5-4-15(8-9-24)19(23)12-16/h4-7,12-14H,3,8,10-11H2,1-2H3,(H,25,29). The summed E-state index contributed by atoms with van der Waals surface area (Å²) in [4.78, 5) is 16.5. The van der Waals surface area contributed by atoms with Gasteiger partial charge in [-0.25, -0.2) is 9.37 Å². The molecule has 9 heteroatoms. The van der Waals surface area contributed by atoms with Crippen molar-refractivity contribution >= 4 is 5.91 Å². The maximum Gasteiger partial charge on any atom is 0.252 e. The molecule has 3 rings (SSSR count). The van der Waals surface area contributed by atoms with E-state index in [4.69, 9.17) is 14.7 Å². The van der Waals surface area contributed by atoms with Crippen molar-refractivity contribution in [3.8, 4) is 28.9 Å². The Kier molecular flexibility index (Phi) is 7.30. The molecule has 0 aliphatic carbocycles. The molecule has 2 heterocycles. The maximum atomic E-state index is 14.3. The average molecular weight is 423 g/mol. The summed E-state index contributed by atoms with van der Waals surface area (Å²) in [7, 11) is 3.10. The number of nitrogens with one attached hydrogen (secondary N) is 1. The van der Waals surface area contributed by atoms with E-state index in [1.807, 2.05) is 6.07 Å². The number of aromatic nitrogens is 3. The predicted molar refractivity (Wildman–Crippen MR) is 111 cm³/mol. The van der Waals surface area contributed by atoms with Gasteiger partial charge >= 0.3 is 0 Å². The zero-order chi connectivity index (χ0) is 22.2. The number of nitrogens with zero attached hydrogens (tertiary/aromatic N) is 4. The SMILES string of the molecule is COCCCNC(=O)c1ccc(-n2ncc(-c3ccc(CC#N)c(F)c3)c2OC)nc1. The zero-order valence-corrected chi connectivity index (χ0v) is 17.3. The van der Waals surface area contributed by atoms with E-state index in [1.54, 1.807) is 37.6 Å². The molecule has 0 saturated carbocycles. The Labute approximate surface area is 179 Å². The number of rotatable bonds is 9. The first kappa shape index (κ1) is 21.9. The van der Waals surface area contributed by atoms with Gasteiger partial charge in [0.15, 0.2) is 5.82 Å². The van der Waals surface area contributed by atoms with Gasteiger partial charge < -0.3 is 14.8 Å². The Morgan fingerprint density at radius 2 is 2.10 bits per heavy atom. The summed E-state index contributed by atoms with van der Waals surface area (Å²) in [6.45, 7) is 1.08. The number of carbonyl (C=O) groups excluding carboxylic acids is 1. The van der Waals surface area contributed by atoms with Gasteiger partial charge in [-0.2, -0.15) is 15.0 Å². The number of ether oxygens (including phenoxy) is 2. The summed E-state index contributed by atoms with van der Waals surface area (Å²) >= 11 is 0. The quantitative estimate of drug-likeness (QED) is 0.531. The van der Waals surface area contributed by atoms with Gasteiger partial charge in [0.05, 0.1) is 36.9 Å². The van der Waals surface area contributed by atoms with E-state index in [9.17, 15) is 9.18 Å². The summed E-state index contributed by atoms with van der Waals surface area (Å²) in [6, 6.07) is 9.87. The second kappa shape index (κ2) is 10.3. The fourth-order valence-electron chi connectivity index (χ4n) is 3.00. The molecule has 1 aromatic carbocycles. The molecule has 160 valence electrons. The van der Waals surface area contributed by atoms with Gasteiger partial charge in [-0.1, -0.05) is 12.1 Å². The first-order chi connectivity index (χ1) is 15.1. The predicted octanol–water partition coefficient (Wildman–Crippen LogP) is 2.91. The van der Waals surface area contributed by atoms with Gasteiger partial charge in [0.1, 0.15) is 5.82 Å². The molecule has 0 aliphatic rings.